The molecule has 0 aliphatic carbocycles. The van der Waals surface area contributed by atoms with E-state index in [-0.39, 0.29) is 12.0 Å². The van der Waals surface area contributed by atoms with Crippen molar-refractivity contribution in [3.8, 4) is 5.75 Å². The first-order chi connectivity index (χ1) is 18.5. The van der Waals surface area contributed by atoms with Gasteiger partial charge in [-0.3, -0.25) is 9.69 Å². The number of carbonyl (C=O) groups excluding carboxylic acids is 2. The van der Waals surface area contributed by atoms with Crippen molar-refractivity contribution in [2.75, 3.05) is 31.5 Å². The minimum atomic E-state index is -0.366. The summed E-state index contributed by atoms with van der Waals surface area (Å²) in [5.41, 5.74) is 2.48. The van der Waals surface area contributed by atoms with Crippen LogP contribution in [0.15, 0.2) is 53.7 Å². The molecule has 3 aromatic rings. The summed E-state index contributed by atoms with van der Waals surface area (Å²) < 4.78 is 7.22. The number of amides is 2. The van der Waals surface area contributed by atoms with Gasteiger partial charge in [0.15, 0.2) is 0 Å². The Kier molecular flexibility index (Phi) is 8.54. The molecule has 0 unspecified atom stereocenters. The molecule has 5 rings (SSSR count). The zero-order chi connectivity index (χ0) is 26.3. The van der Waals surface area contributed by atoms with E-state index in [0.29, 0.717) is 35.3 Å². The van der Waals surface area contributed by atoms with Crippen LogP contribution in [0.5, 0.6) is 5.75 Å². The lowest BCUT2D eigenvalue weighted by molar-refractivity contribution is 0.102. The van der Waals surface area contributed by atoms with Crippen molar-refractivity contribution in [3.05, 3.63) is 59.7 Å². The van der Waals surface area contributed by atoms with Gasteiger partial charge in [0, 0.05) is 43.2 Å². The van der Waals surface area contributed by atoms with Crippen molar-refractivity contribution >= 4 is 29.4 Å². The molecule has 0 spiro atoms. The molecule has 11 heteroatoms. The summed E-state index contributed by atoms with van der Waals surface area (Å²) in [6.07, 6.45) is 5.17. The second-order valence-corrected chi connectivity index (χ2v) is 11.0. The van der Waals surface area contributed by atoms with Crippen LogP contribution in [0.2, 0.25) is 0 Å². The molecule has 2 fully saturated rings. The molecule has 2 aliphatic rings. The van der Waals surface area contributed by atoms with Crippen molar-refractivity contribution in [2.45, 2.75) is 49.1 Å². The second kappa shape index (κ2) is 12.4. The Labute approximate surface area is 226 Å². The van der Waals surface area contributed by atoms with Gasteiger partial charge in [-0.25, -0.2) is 9.48 Å². The summed E-state index contributed by atoms with van der Waals surface area (Å²) in [6, 6.07) is 14.7. The number of rotatable bonds is 7. The Morgan fingerprint density at radius 1 is 0.974 bits per heavy atom. The van der Waals surface area contributed by atoms with Crippen LogP contribution in [0.4, 0.5) is 10.5 Å². The molecule has 38 heavy (non-hydrogen) atoms. The highest BCUT2D eigenvalue weighted by atomic mass is 32.2. The quantitative estimate of drug-likeness (QED) is 0.480. The number of piperidine rings is 2. The van der Waals surface area contributed by atoms with Gasteiger partial charge in [0.2, 0.25) is 5.16 Å². The summed E-state index contributed by atoms with van der Waals surface area (Å²) in [4.78, 5) is 29.5. The van der Waals surface area contributed by atoms with Crippen LogP contribution in [-0.2, 0) is 13.6 Å². The maximum atomic E-state index is 12.7. The van der Waals surface area contributed by atoms with Crippen LogP contribution in [0.1, 0.15) is 48.0 Å². The molecule has 1 N–H and O–H groups in total. The number of likely N-dealkylation sites (tertiary alicyclic amines) is 2. The fraction of sp³-hybridized carbons (Fsp3) is 0.444. The minimum absolute atomic E-state index is 0.169. The predicted octanol–water partition coefficient (Wildman–Crippen LogP) is 4.20. The van der Waals surface area contributed by atoms with Gasteiger partial charge in [0.05, 0.1) is 0 Å². The Morgan fingerprint density at radius 3 is 2.34 bits per heavy atom. The van der Waals surface area contributed by atoms with Crippen LogP contribution >= 0.6 is 11.8 Å². The average molecular weight is 536 g/mol. The molecule has 0 radical (unpaired) electrons. The van der Waals surface area contributed by atoms with Gasteiger partial charge in [-0.2, -0.15) is 0 Å². The third kappa shape index (κ3) is 6.90. The number of benzene rings is 2. The van der Waals surface area contributed by atoms with Crippen molar-refractivity contribution in [1.82, 2.24) is 30.0 Å². The summed E-state index contributed by atoms with van der Waals surface area (Å²) in [5.74, 6) is 0.272. The highest BCUT2D eigenvalue weighted by Gasteiger charge is 2.26. The van der Waals surface area contributed by atoms with Crippen molar-refractivity contribution in [3.63, 3.8) is 0 Å². The van der Waals surface area contributed by atoms with Gasteiger partial charge in [0.25, 0.3) is 5.91 Å². The van der Waals surface area contributed by atoms with Crippen LogP contribution in [0.3, 0.4) is 0 Å². The number of hydrogen-bond donors (Lipinski definition) is 1. The van der Waals surface area contributed by atoms with E-state index in [1.807, 2.05) is 31.3 Å². The largest absolute Gasteiger partial charge is 0.415 e. The van der Waals surface area contributed by atoms with Crippen molar-refractivity contribution < 1.29 is 14.3 Å². The SMILES string of the molecule is Cn1nnnc1SC1CCN(C(=O)Oc2ccc(NC(=O)c3ccc(CN4CCCCC4)cc3)cc2)CC1. The summed E-state index contributed by atoms with van der Waals surface area (Å²) in [7, 11) is 1.82. The molecule has 2 amide bonds. The summed E-state index contributed by atoms with van der Waals surface area (Å²) >= 11 is 1.64. The van der Waals surface area contributed by atoms with E-state index in [2.05, 4.69) is 25.7 Å². The zero-order valence-corrected chi connectivity index (χ0v) is 22.4. The van der Waals surface area contributed by atoms with Gasteiger partial charge < -0.3 is 15.0 Å². The first kappa shape index (κ1) is 26.2. The van der Waals surface area contributed by atoms with Gasteiger partial charge in [-0.1, -0.05) is 30.3 Å². The Bertz CT molecular complexity index is 1220. The number of thioether (sulfide) groups is 1. The highest BCUT2D eigenvalue weighted by Crippen LogP contribution is 2.29. The van der Waals surface area contributed by atoms with Crippen LogP contribution < -0.4 is 10.1 Å². The molecule has 2 aliphatic heterocycles. The molecule has 200 valence electrons. The number of hydrogen-bond acceptors (Lipinski definition) is 8. The lowest BCUT2D eigenvalue weighted by Crippen LogP contribution is -2.40. The van der Waals surface area contributed by atoms with Crippen molar-refractivity contribution in [1.29, 1.82) is 0 Å². The van der Waals surface area contributed by atoms with E-state index in [0.717, 1.165) is 37.6 Å². The third-order valence-electron chi connectivity index (χ3n) is 6.94. The predicted molar refractivity (Wildman–Crippen MR) is 145 cm³/mol. The fourth-order valence-corrected chi connectivity index (χ4v) is 5.76. The number of carbonyl (C=O) groups is 2. The van der Waals surface area contributed by atoms with E-state index >= 15 is 0 Å². The van der Waals surface area contributed by atoms with Gasteiger partial charge >= 0.3 is 6.09 Å². The van der Waals surface area contributed by atoms with Crippen LogP contribution in [-0.4, -0.2) is 73.4 Å². The van der Waals surface area contributed by atoms with Crippen LogP contribution in [0, 0.1) is 0 Å². The molecule has 1 aromatic heterocycles. The number of anilines is 1. The van der Waals surface area contributed by atoms with E-state index in [4.69, 9.17) is 4.74 Å². The topological polar surface area (TPSA) is 105 Å². The van der Waals surface area contributed by atoms with Gasteiger partial charge in [-0.05, 0) is 91.2 Å². The Balaban J connectivity index is 1.07. The van der Waals surface area contributed by atoms with Gasteiger partial charge in [-0.15, -0.1) is 5.10 Å². The molecular formula is C27H33N7O3S. The number of nitrogens with one attached hydrogen (secondary N) is 1. The Morgan fingerprint density at radius 2 is 1.68 bits per heavy atom. The number of tetrazole rings is 1. The van der Waals surface area contributed by atoms with E-state index < -0.39 is 0 Å². The van der Waals surface area contributed by atoms with E-state index in [1.165, 1.54) is 24.8 Å². The van der Waals surface area contributed by atoms with Crippen LogP contribution in [0.25, 0.3) is 0 Å². The van der Waals surface area contributed by atoms with Crippen molar-refractivity contribution in [2.24, 2.45) is 7.05 Å². The fourth-order valence-electron chi connectivity index (χ4n) is 4.74. The standard InChI is InChI=1S/C27H33N7O3S/c1-32-26(29-30-31-32)38-24-13-17-34(18-14-24)27(36)37-23-11-9-22(10-12-23)28-25(35)21-7-5-20(6-8-21)19-33-15-3-2-4-16-33/h5-12,24H,2-4,13-19H2,1H3,(H,28,35). The monoisotopic (exact) mass is 535 g/mol. The smallest absolute Gasteiger partial charge is 0.410 e. The number of aromatic nitrogens is 4. The minimum Gasteiger partial charge on any atom is -0.410 e. The maximum Gasteiger partial charge on any atom is 0.415 e. The number of nitrogens with zero attached hydrogens (tertiary/aromatic N) is 6. The normalized spacial score (nSPS) is 16.8. The first-order valence-electron chi connectivity index (χ1n) is 13.1. The van der Waals surface area contributed by atoms with E-state index in [1.54, 1.807) is 45.6 Å². The average Bonchev–Trinajstić information content (AvgIpc) is 3.35. The number of aryl methyl sites for hydroxylation is 1. The second-order valence-electron chi connectivity index (χ2n) is 9.77. The molecule has 0 saturated carbocycles. The lowest BCUT2D eigenvalue weighted by atomic mass is 10.1. The lowest BCUT2D eigenvalue weighted by Gasteiger charge is -2.30. The van der Waals surface area contributed by atoms with Gasteiger partial charge in [0.1, 0.15) is 5.75 Å². The summed E-state index contributed by atoms with van der Waals surface area (Å²) in [6.45, 7) is 4.46. The molecular weight excluding hydrogens is 502 g/mol. The number of ether oxygens (including phenoxy) is 1. The molecule has 3 heterocycles. The Hall–Kier alpha value is -3.44. The zero-order valence-electron chi connectivity index (χ0n) is 21.6. The third-order valence-corrected chi connectivity index (χ3v) is 8.30. The molecule has 2 aromatic carbocycles. The molecule has 10 nitrogen and oxygen atoms in total. The maximum absolute atomic E-state index is 12.7. The first-order valence-corrected chi connectivity index (χ1v) is 14.0. The molecule has 0 bridgehead atoms. The molecule has 2 saturated heterocycles. The summed E-state index contributed by atoms with van der Waals surface area (Å²) in [5, 5.41) is 15.6. The van der Waals surface area contributed by atoms with E-state index in [9.17, 15) is 9.59 Å². The highest BCUT2D eigenvalue weighted by molar-refractivity contribution is 7.99. The molecule has 0 atom stereocenters.